The van der Waals surface area contributed by atoms with E-state index in [0.717, 1.165) is 0 Å². The van der Waals surface area contributed by atoms with Gasteiger partial charge in [0.1, 0.15) is 0 Å². The average Bonchev–Trinajstić information content (AvgIpc) is 2.17. The maximum Gasteiger partial charge on any atom is 0.431 e. The minimum atomic E-state index is -6.99. The van der Waals surface area contributed by atoms with Crippen molar-refractivity contribution in [3.63, 3.8) is 0 Å². The number of alkyl halides is 16. The summed E-state index contributed by atoms with van der Waals surface area (Å²) in [6.07, 6.45) is -33.4. The van der Waals surface area contributed by atoms with Crippen molar-refractivity contribution in [2.24, 2.45) is 11.8 Å². The van der Waals surface area contributed by atoms with E-state index in [9.17, 15) is 65.9 Å². The molecule has 0 bridgehead atoms. The van der Waals surface area contributed by atoms with Crippen molar-refractivity contribution >= 4 is 22.6 Å². The molecule has 0 aromatic rings. The lowest BCUT2D eigenvalue weighted by Gasteiger charge is -2.37. The molecule has 0 N–H and O–H groups in total. The molecule has 0 saturated heterocycles. The van der Waals surface area contributed by atoms with Gasteiger partial charge >= 0.3 is 24.7 Å². The molecule has 0 aromatic carbocycles. The Bertz CT molecular complexity index is 433. The third kappa shape index (κ3) is 6.38. The lowest BCUT2D eigenvalue weighted by atomic mass is 9.79. The molecule has 0 rings (SSSR count). The molecule has 0 radical (unpaired) electrons. The van der Waals surface area contributed by atoms with Gasteiger partial charge in [-0.05, 0) is 28.5 Å². The first kappa shape index (κ1) is 25.7. The van der Waals surface area contributed by atoms with Crippen LogP contribution in [0.25, 0.3) is 0 Å². The molecule has 0 nitrogen and oxygen atoms in total. The quantitative estimate of drug-likeness (QED) is 0.201. The second kappa shape index (κ2) is 7.25. The van der Waals surface area contributed by atoms with Gasteiger partial charge < -0.3 is 0 Å². The fraction of sp³-hybridized carbons (Fsp3) is 1.00. The lowest BCUT2D eigenvalue weighted by Crippen LogP contribution is -2.56. The minimum absolute atomic E-state index is 0.0781. The van der Waals surface area contributed by atoms with E-state index in [0.29, 0.717) is 0 Å². The Balaban J connectivity index is 6.37. The van der Waals surface area contributed by atoms with Crippen LogP contribution in [0.5, 0.6) is 0 Å². The van der Waals surface area contributed by atoms with E-state index in [4.69, 9.17) is 0 Å². The smallest absolute Gasteiger partial charge is 0.224 e. The maximum absolute atomic E-state index is 13.5. The lowest BCUT2D eigenvalue weighted by molar-refractivity contribution is -0.357. The summed E-state index contributed by atoms with van der Waals surface area (Å²) in [6.45, 7) is 0. The van der Waals surface area contributed by atoms with Crippen LogP contribution >= 0.6 is 22.6 Å². The Morgan fingerprint density at radius 3 is 1.04 bits per heavy atom. The first-order valence-corrected chi connectivity index (χ1v) is 7.04. The minimum Gasteiger partial charge on any atom is -0.224 e. The molecule has 1 unspecified atom stereocenters. The van der Waals surface area contributed by atoms with E-state index in [1.54, 1.807) is 0 Å². The molecular formula is C10H6F15I. The third-order valence-corrected chi connectivity index (χ3v) is 3.55. The monoisotopic (exact) mass is 538 g/mol. The summed E-state index contributed by atoms with van der Waals surface area (Å²) in [5, 5.41) is 0. The predicted molar refractivity (Wildman–Crippen MR) is 63.2 cm³/mol. The SMILES string of the molecule is FC(F)(I)CC(CC(F)(C(F)(F)F)C(F)(F)F)C(C(F)(F)F)C(F)(F)F. The van der Waals surface area contributed by atoms with E-state index in [-0.39, 0.29) is 22.6 Å². The Labute approximate surface area is 148 Å². The van der Waals surface area contributed by atoms with Crippen LogP contribution in [0.1, 0.15) is 12.8 Å². The van der Waals surface area contributed by atoms with Gasteiger partial charge in [-0.1, -0.05) is 0 Å². The molecule has 0 aliphatic heterocycles. The molecule has 26 heavy (non-hydrogen) atoms. The Hall–Kier alpha value is -0.320. The van der Waals surface area contributed by atoms with E-state index in [1.165, 1.54) is 0 Å². The van der Waals surface area contributed by atoms with Gasteiger partial charge in [0.2, 0.25) is 0 Å². The van der Waals surface area contributed by atoms with Crippen molar-refractivity contribution < 1.29 is 65.9 Å². The highest BCUT2D eigenvalue weighted by Crippen LogP contribution is 2.56. The summed E-state index contributed by atoms with van der Waals surface area (Å²) in [4.78, 5) is 0. The second-order valence-electron chi connectivity index (χ2n) is 5.14. The van der Waals surface area contributed by atoms with Crippen molar-refractivity contribution in [2.75, 3.05) is 0 Å². The zero-order valence-corrected chi connectivity index (χ0v) is 13.8. The van der Waals surface area contributed by atoms with Gasteiger partial charge in [-0.25, -0.2) is 4.39 Å². The fourth-order valence-electron chi connectivity index (χ4n) is 2.08. The van der Waals surface area contributed by atoms with Crippen LogP contribution in [-0.4, -0.2) is 34.3 Å². The van der Waals surface area contributed by atoms with Crippen LogP contribution in [-0.2, 0) is 0 Å². The number of rotatable bonds is 5. The molecule has 1 atom stereocenters. The molecule has 0 saturated carbocycles. The van der Waals surface area contributed by atoms with Crippen LogP contribution in [0.2, 0.25) is 0 Å². The molecular weight excluding hydrogens is 532 g/mol. The van der Waals surface area contributed by atoms with Gasteiger partial charge in [-0.2, -0.15) is 61.5 Å². The van der Waals surface area contributed by atoms with Crippen molar-refractivity contribution in [1.29, 1.82) is 0 Å². The average molecular weight is 538 g/mol. The first-order chi connectivity index (χ1) is 10.9. The zero-order chi connectivity index (χ0) is 21.6. The van der Waals surface area contributed by atoms with Crippen molar-refractivity contribution in [3.8, 4) is 0 Å². The van der Waals surface area contributed by atoms with E-state index in [1.807, 2.05) is 0 Å². The molecule has 0 aliphatic rings. The summed E-state index contributed by atoms with van der Waals surface area (Å²) >= 11 is -0.0781. The zero-order valence-electron chi connectivity index (χ0n) is 11.6. The second-order valence-corrected chi connectivity index (χ2v) is 6.72. The summed E-state index contributed by atoms with van der Waals surface area (Å²) < 4.78 is 184. The van der Waals surface area contributed by atoms with Gasteiger partial charge in [0.25, 0.3) is 9.60 Å². The van der Waals surface area contributed by atoms with E-state index < -0.39 is 59.0 Å². The fourth-order valence-corrected chi connectivity index (χ4v) is 2.64. The van der Waals surface area contributed by atoms with Crippen LogP contribution in [0.4, 0.5) is 65.9 Å². The summed E-state index contributed by atoms with van der Waals surface area (Å²) in [6, 6.07) is 0. The summed E-state index contributed by atoms with van der Waals surface area (Å²) in [5.41, 5.74) is -6.55. The Morgan fingerprint density at radius 2 is 0.846 bits per heavy atom. The van der Waals surface area contributed by atoms with Crippen LogP contribution in [0, 0.1) is 11.8 Å². The van der Waals surface area contributed by atoms with E-state index in [2.05, 4.69) is 0 Å². The Kier molecular flexibility index (Phi) is 7.16. The molecule has 158 valence electrons. The van der Waals surface area contributed by atoms with Gasteiger partial charge in [-0.3, -0.25) is 0 Å². The molecule has 0 fully saturated rings. The standard InChI is InChI=1S/C10H6F15I/c11-5(9(20,21)22,10(23,24)25)1-3(2-6(12,13)26)4(7(14,15)16)8(17,18)19/h3-4H,1-2H2. The highest BCUT2D eigenvalue weighted by molar-refractivity contribution is 14.1. The highest BCUT2D eigenvalue weighted by Gasteiger charge is 2.74. The Morgan fingerprint density at radius 1 is 0.538 bits per heavy atom. The van der Waals surface area contributed by atoms with E-state index >= 15 is 0 Å². The molecule has 0 aromatic heterocycles. The number of halogens is 16. The predicted octanol–water partition coefficient (Wildman–Crippen LogP) is 6.98. The molecule has 16 heteroatoms. The maximum atomic E-state index is 13.5. The van der Waals surface area contributed by atoms with Crippen LogP contribution < -0.4 is 0 Å². The third-order valence-electron chi connectivity index (χ3n) is 3.11. The summed E-state index contributed by atoms with van der Waals surface area (Å²) in [7, 11) is 0. The molecule has 0 heterocycles. The number of hydrogen-bond acceptors (Lipinski definition) is 0. The molecule has 0 spiro atoms. The highest BCUT2D eigenvalue weighted by atomic mass is 127. The summed E-state index contributed by atoms with van der Waals surface area (Å²) in [5.74, 6) is -9.13. The van der Waals surface area contributed by atoms with Gasteiger partial charge in [0, 0.05) is 12.8 Å². The first-order valence-electron chi connectivity index (χ1n) is 5.96. The van der Waals surface area contributed by atoms with Gasteiger partial charge in [0.05, 0.1) is 0 Å². The largest absolute Gasteiger partial charge is 0.431 e. The topological polar surface area (TPSA) is 0 Å². The molecule has 0 aliphatic carbocycles. The van der Waals surface area contributed by atoms with Crippen molar-refractivity contribution in [2.45, 2.75) is 47.1 Å². The van der Waals surface area contributed by atoms with Gasteiger partial charge in [-0.15, -0.1) is 0 Å². The van der Waals surface area contributed by atoms with Crippen molar-refractivity contribution in [3.05, 3.63) is 0 Å². The molecule has 0 amide bonds. The van der Waals surface area contributed by atoms with Gasteiger partial charge in [0.15, 0.2) is 5.92 Å². The van der Waals surface area contributed by atoms with Crippen LogP contribution in [0.3, 0.4) is 0 Å². The van der Waals surface area contributed by atoms with Crippen molar-refractivity contribution in [1.82, 2.24) is 0 Å². The van der Waals surface area contributed by atoms with Crippen LogP contribution in [0.15, 0.2) is 0 Å². The number of hydrogen-bond donors (Lipinski definition) is 0. The normalized spacial score (nSPS) is 17.0.